The maximum atomic E-state index is 4.07. The third-order valence-electron chi connectivity index (χ3n) is 0.943. The third-order valence-corrected chi connectivity index (χ3v) is 0.943. The Kier molecular flexibility index (Phi) is 2.00. The Hall–Kier alpha value is -1.14. The molecule has 0 bridgehead atoms. The summed E-state index contributed by atoms with van der Waals surface area (Å²) in [4.78, 5) is 7.98. The predicted molar refractivity (Wildman–Crippen MR) is 39.1 cm³/mol. The molecule has 0 aromatic heterocycles. The van der Waals surface area contributed by atoms with Crippen molar-refractivity contribution in [1.29, 1.82) is 0 Å². The van der Waals surface area contributed by atoms with Gasteiger partial charge in [0.2, 0.25) is 0 Å². The molecule has 1 aliphatic heterocycles. The quantitative estimate of drug-likeness (QED) is 0.429. The highest BCUT2D eigenvalue weighted by Crippen LogP contribution is 1.86. The highest BCUT2D eigenvalue weighted by molar-refractivity contribution is 5.75. The fourth-order valence-electron chi connectivity index (χ4n) is 0.514. The van der Waals surface area contributed by atoms with Crippen LogP contribution in [0.5, 0.6) is 0 Å². The summed E-state index contributed by atoms with van der Waals surface area (Å²) in [6.07, 6.45) is 6.87. The van der Waals surface area contributed by atoms with E-state index in [1.54, 1.807) is 24.7 Å². The van der Waals surface area contributed by atoms with Crippen LogP contribution in [0.1, 0.15) is 6.92 Å². The summed E-state index contributed by atoms with van der Waals surface area (Å²) in [5, 5.41) is 0. The molecule has 2 nitrogen and oxygen atoms in total. The number of hydrogen-bond acceptors (Lipinski definition) is 2. The Morgan fingerprint density at radius 1 is 1.56 bits per heavy atom. The molecule has 0 N–H and O–H groups in total. The second-order valence-corrected chi connectivity index (χ2v) is 1.80. The molecule has 0 radical (unpaired) electrons. The van der Waals surface area contributed by atoms with Crippen LogP contribution in [-0.4, -0.2) is 18.5 Å². The van der Waals surface area contributed by atoms with Gasteiger partial charge in [-0.3, -0.25) is 9.98 Å². The van der Waals surface area contributed by atoms with Crippen LogP contribution in [0.25, 0.3) is 0 Å². The van der Waals surface area contributed by atoms with Crippen LogP contribution in [0.2, 0.25) is 0 Å². The molecule has 1 atom stereocenters. The van der Waals surface area contributed by atoms with Gasteiger partial charge in [0.05, 0.1) is 12.2 Å². The van der Waals surface area contributed by atoms with Crippen LogP contribution in [0.3, 0.4) is 0 Å². The summed E-state index contributed by atoms with van der Waals surface area (Å²) in [6.45, 7) is 1.98. The van der Waals surface area contributed by atoms with E-state index in [2.05, 4.69) is 15.7 Å². The maximum absolute atomic E-state index is 4.07. The lowest BCUT2D eigenvalue weighted by molar-refractivity contribution is 1.00. The van der Waals surface area contributed by atoms with Crippen molar-refractivity contribution in [1.82, 2.24) is 0 Å². The summed E-state index contributed by atoms with van der Waals surface area (Å²) >= 11 is 0. The standard InChI is InChI=1S/C7H8N2/c1-7-6-8-4-2-3-5-9-7/h3-7H,1H3. The summed E-state index contributed by atoms with van der Waals surface area (Å²) in [5.41, 5.74) is 2.81. The smallest absolute Gasteiger partial charge is 0.0822 e. The molecule has 2 heteroatoms. The Bertz CT molecular complexity index is 177. The number of allylic oxidation sites excluding steroid dienone is 1. The van der Waals surface area contributed by atoms with Crippen molar-refractivity contribution in [3.05, 3.63) is 18.0 Å². The second-order valence-electron chi connectivity index (χ2n) is 1.80. The van der Waals surface area contributed by atoms with Crippen molar-refractivity contribution in [2.45, 2.75) is 13.0 Å². The predicted octanol–water partition coefficient (Wildman–Crippen LogP) is 1.20. The van der Waals surface area contributed by atoms with Crippen LogP contribution >= 0.6 is 0 Å². The zero-order valence-electron chi connectivity index (χ0n) is 5.28. The highest BCUT2D eigenvalue weighted by Gasteiger charge is 1.88. The van der Waals surface area contributed by atoms with Gasteiger partial charge < -0.3 is 0 Å². The van der Waals surface area contributed by atoms with Crippen LogP contribution in [0.4, 0.5) is 0 Å². The fraction of sp³-hybridized carbons (Fsp3) is 0.286. The van der Waals surface area contributed by atoms with E-state index < -0.39 is 0 Å². The van der Waals surface area contributed by atoms with E-state index in [1.165, 1.54) is 0 Å². The minimum absolute atomic E-state index is 0.194. The first-order valence-electron chi connectivity index (χ1n) is 2.85. The van der Waals surface area contributed by atoms with Gasteiger partial charge in [0.15, 0.2) is 0 Å². The number of rotatable bonds is 0. The molecule has 46 valence electrons. The zero-order chi connectivity index (χ0) is 6.53. The number of hydrogen-bond donors (Lipinski definition) is 0. The average Bonchev–Trinajstić information content (AvgIpc) is 1.79. The Morgan fingerprint density at radius 3 is 3.33 bits per heavy atom. The molecule has 0 aromatic rings. The van der Waals surface area contributed by atoms with Crippen LogP contribution in [0, 0.1) is 0 Å². The number of aliphatic imine (C=N–C) groups is 2. The van der Waals surface area contributed by atoms with Crippen LogP contribution in [0.15, 0.2) is 28.0 Å². The van der Waals surface area contributed by atoms with Crippen molar-refractivity contribution in [3.63, 3.8) is 0 Å². The first-order chi connectivity index (χ1) is 4.39. The molecule has 1 rings (SSSR count). The van der Waals surface area contributed by atoms with Crippen molar-refractivity contribution < 1.29 is 0 Å². The molecular weight excluding hydrogens is 112 g/mol. The fourth-order valence-corrected chi connectivity index (χ4v) is 0.514. The Balaban J connectivity index is 2.77. The number of nitrogens with zero attached hydrogens (tertiary/aromatic N) is 2. The zero-order valence-corrected chi connectivity index (χ0v) is 5.28. The van der Waals surface area contributed by atoms with E-state index in [0.717, 1.165) is 0 Å². The molecule has 1 unspecified atom stereocenters. The Labute approximate surface area is 54.3 Å². The van der Waals surface area contributed by atoms with Gasteiger partial charge in [-0.2, -0.15) is 0 Å². The summed E-state index contributed by atoms with van der Waals surface area (Å²) in [7, 11) is 0. The average molecular weight is 120 g/mol. The first-order valence-corrected chi connectivity index (χ1v) is 2.85. The molecule has 0 aromatic carbocycles. The van der Waals surface area contributed by atoms with Crippen molar-refractivity contribution in [2.24, 2.45) is 9.98 Å². The molecule has 1 aliphatic rings. The third kappa shape index (κ3) is 2.06. The lowest BCUT2D eigenvalue weighted by Gasteiger charge is -1.93. The van der Waals surface area contributed by atoms with Crippen molar-refractivity contribution in [3.8, 4) is 0 Å². The van der Waals surface area contributed by atoms with Gasteiger partial charge in [0, 0.05) is 12.4 Å². The molecule has 0 fully saturated rings. The first kappa shape index (κ1) is 5.99. The summed E-state index contributed by atoms with van der Waals surface area (Å²) in [6, 6.07) is 0.194. The van der Waals surface area contributed by atoms with Gasteiger partial charge in [-0.05, 0) is 13.0 Å². The normalized spacial score (nSPS) is 23.9. The van der Waals surface area contributed by atoms with Crippen molar-refractivity contribution in [2.75, 3.05) is 0 Å². The van der Waals surface area contributed by atoms with Crippen molar-refractivity contribution >= 4 is 12.4 Å². The van der Waals surface area contributed by atoms with Crippen LogP contribution < -0.4 is 0 Å². The van der Waals surface area contributed by atoms with E-state index in [-0.39, 0.29) is 6.04 Å². The summed E-state index contributed by atoms with van der Waals surface area (Å²) < 4.78 is 0. The van der Waals surface area contributed by atoms with Gasteiger partial charge in [-0.25, -0.2) is 0 Å². The summed E-state index contributed by atoms with van der Waals surface area (Å²) in [5.74, 6) is 0. The molecular formula is C7H8N2. The lowest BCUT2D eigenvalue weighted by atomic mass is 10.4. The molecule has 1 heterocycles. The molecule has 0 amide bonds. The monoisotopic (exact) mass is 120 g/mol. The van der Waals surface area contributed by atoms with Gasteiger partial charge in [-0.1, -0.05) is 5.73 Å². The van der Waals surface area contributed by atoms with E-state index >= 15 is 0 Å². The minimum Gasteiger partial charge on any atom is -0.284 e. The SMILES string of the molecule is CC1C=NC=C=CC=N1. The van der Waals surface area contributed by atoms with E-state index in [9.17, 15) is 0 Å². The van der Waals surface area contributed by atoms with E-state index in [0.29, 0.717) is 0 Å². The van der Waals surface area contributed by atoms with Gasteiger partial charge in [-0.15, -0.1) is 0 Å². The molecule has 0 spiro atoms. The molecule has 0 saturated carbocycles. The van der Waals surface area contributed by atoms with Gasteiger partial charge in [0.1, 0.15) is 0 Å². The topological polar surface area (TPSA) is 24.7 Å². The molecule has 0 aliphatic carbocycles. The van der Waals surface area contributed by atoms with E-state index in [4.69, 9.17) is 0 Å². The van der Waals surface area contributed by atoms with Crippen LogP contribution in [-0.2, 0) is 0 Å². The largest absolute Gasteiger partial charge is 0.284 e. The van der Waals surface area contributed by atoms with Gasteiger partial charge in [0.25, 0.3) is 0 Å². The Morgan fingerprint density at radius 2 is 2.44 bits per heavy atom. The maximum Gasteiger partial charge on any atom is 0.0822 e. The van der Waals surface area contributed by atoms with E-state index in [1.807, 2.05) is 6.92 Å². The highest BCUT2D eigenvalue weighted by atomic mass is 14.8. The minimum atomic E-state index is 0.194. The molecule has 0 saturated heterocycles. The van der Waals surface area contributed by atoms with Gasteiger partial charge >= 0.3 is 0 Å². The lowest BCUT2D eigenvalue weighted by Crippen LogP contribution is -1.98. The second kappa shape index (κ2) is 3.00. The molecule has 9 heavy (non-hydrogen) atoms.